The molecule has 1 unspecified atom stereocenters. The molecule has 1 saturated heterocycles. The largest absolute Gasteiger partial charge is 0.497 e. The van der Waals surface area contributed by atoms with Gasteiger partial charge in [-0.05, 0) is 55.2 Å². The van der Waals surface area contributed by atoms with Crippen LogP contribution in [0.25, 0.3) is 39.0 Å². The SMILES string of the molecule is COc1ccc(-n2cc3cnc(NCC(F)(F)F)nc3c(-c3ccc(-c4ccn(C5CCCCO5)n4)cc3)c2=O)cc1. The van der Waals surface area contributed by atoms with E-state index in [0.717, 1.165) is 30.5 Å². The van der Waals surface area contributed by atoms with Gasteiger partial charge in [-0.15, -0.1) is 0 Å². The van der Waals surface area contributed by atoms with Gasteiger partial charge in [0.1, 0.15) is 18.5 Å². The van der Waals surface area contributed by atoms with E-state index in [-0.39, 0.29) is 28.8 Å². The summed E-state index contributed by atoms with van der Waals surface area (Å²) in [5.41, 5.74) is 2.79. The molecule has 42 heavy (non-hydrogen) atoms. The van der Waals surface area contributed by atoms with E-state index in [0.29, 0.717) is 29.0 Å². The van der Waals surface area contributed by atoms with Crippen LogP contribution in [0.3, 0.4) is 0 Å². The van der Waals surface area contributed by atoms with Gasteiger partial charge in [0.2, 0.25) is 5.95 Å². The number of nitrogens with one attached hydrogen (secondary N) is 1. The van der Waals surface area contributed by atoms with Crippen molar-refractivity contribution in [2.45, 2.75) is 31.7 Å². The van der Waals surface area contributed by atoms with Crippen LogP contribution >= 0.6 is 0 Å². The summed E-state index contributed by atoms with van der Waals surface area (Å²) in [4.78, 5) is 22.3. The minimum Gasteiger partial charge on any atom is -0.497 e. The van der Waals surface area contributed by atoms with Crippen LogP contribution in [0.2, 0.25) is 0 Å². The molecule has 216 valence electrons. The average molecular weight is 577 g/mol. The van der Waals surface area contributed by atoms with Crippen molar-refractivity contribution in [3.63, 3.8) is 0 Å². The van der Waals surface area contributed by atoms with Crippen molar-refractivity contribution in [1.29, 1.82) is 0 Å². The summed E-state index contributed by atoms with van der Waals surface area (Å²) in [7, 11) is 1.55. The zero-order valence-electron chi connectivity index (χ0n) is 22.6. The van der Waals surface area contributed by atoms with Gasteiger partial charge < -0.3 is 14.8 Å². The fraction of sp³-hybridized carbons (Fsp3) is 0.267. The number of hydrogen-bond acceptors (Lipinski definition) is 7. The van der Waals surface area contributed by atoms with Crippen LogP contribution in [0.5, 0.6) is 5.75 Å². The Balaban J connectivity index is 1.42. The minimum atomic E-state index is -4.45. The van der Waals surface area contributed by atoms with Crippen LogP contribution in [0, 0.1) is 0 Å². The highest BCUT2D eigenvalue weighted by molar-refractivity contribution is 5.93. The third-order valence-corrected chi connectivity index (χ3v) is 7.08. The van der Waals surface area contributed by atoms with E-state index in [4.69, 9.17) is 9.47 Å². The van der Waals surface area contributed by atoms with Crippen molar-refractivity contribution in [1.82, 2.24) is 24.3 Å². The molecule has 4 heterocycles. The summed E-state index contributed by atoms with van der Waals surface area (Å²) in [6, 6.07) is 16.1. The second-order valence-electron chi connectivity index (χ2n) is 9.92. The number of alkyl halides is 3. The first-order chi connectivity index (χ1) is 20.3. The van der Waals surface area contributed by atoms with E-state index in [1.165, 1.54) is 10.8 Å². The molecular formula is C30H27F3N6O3. The molecule has 1 aliphatic rings. The summed E-state index contributed by atoms with van der Waals surface area (Å²) < 4.78 is 52.9. The molecule has 3 aromatic heterocycles. The van der Waals surface area contributed by atoms with Gasteiger partial charge in [-0.2, -0.15) is 18.3 Å². The number of rotatable bonds is 7. The molecule has 1 N–H and O–H groups in total. The summed E-state index contributed by atoms with van der Waals surface area (Å²) in [5, 5.41) is 7.37. The molecular weight excluding hydrogens is 549 g/mol. The highest BCUT2D eigenvalue weighted by atomic mass is 19.4. The molecule has 0 saturated carbocycles. The number of aromatic nitrogens is 5. The maximum Gasteiger partial charge on any atom is 0.405 e. The van der Waals surface area contributed by atoms with Gasteiger partial charge in [-0.25, -0.2) is 14.6 Å². The maximum absolute atomic E-state index is 13.9. The number of pyridine rings is 1. The fourth-order valence-electron chi connectivity index (χ4n) is 4.96. The summed E-state index contributed by atoms with van der Waals surface area (Å²) >= 11 is 0. The Morgan fingerprint density at radius 1 is 1.05 bits per heavy atom. The van der Waals surface area contributed by atoms with Crippen molar-refractivity contribution in [3.8, 4) is 33.8 Å². The lowest BCUT2D eigenvalue weighted by Crippen LogP contribution is -2.23. The van der Waals surface area contributed by atoms with E-state index < -0.39 is 12.7 Å². The van der Waals surface area contributed by atoms with Crippen molar-refractivity contribution in [3.05, 3.63) is 83.5 Å². The Hall–Kier alpha value is -4.71. The summed E-state index contributed by atoms with van der Waals surface area (Å²) in [5.74, 6) is 0.402. The zero-order chi connectivity index (χ0) is 29.3. The lowest BCUT2D eigenvalue weighted by atomic mass is 10.0. The number of methoxy groups -OCH3 is 1. The molecule has 1 atom stereocenters. The molecule has 0 radical (unpaired) electrons. The predicted octanol–water partition coefficient (Wildman–Crippen LogP) is 5.99. The molecule has 2 aromatic carbocycles. The maximum atomic E-state index is 13.9. The van der Waals surface area contributed by atoms with Crippen LogP contribution < -0.4 is 15.6 Å². The van der Waals surface area contributed by atoms with E-state index in [9.17, 15) is 18.0 Å². The number of nitrogens with zero attached hydrogens (tertiary/aromatic N) is 5. The van der Waals surface area contributed by atoms with Gasteiger partial charge in [-0.3, -0.25) is 9.36 Å². The molecule has 0 amide bonds. The number of hydrogen-bond donors (Lipinski definition) is 1. The van der Waals surface area contributed by atoms with Crippen molar-refractivity contribution in [2.24, 2.45) is 0 Å². The number of ether oxygens (including phenoxy) is 2. The van der Waals surface area contributed by atoms with Crippen molar-refractivity contribution in [2.75, 3.05) is 25.6 Å². The minimum absolute atomic E-state index is 0.0845. The first-order valence-corrected chi connectivity index (χ1v) is 13.4. The number of anilines is 1. The molecule has 1 fully saturated rings. The van der Waals surface area contributed by atoms with E-state index >= 15 is 0 Å². The van der Waals surface area contributed by atoms with Crippen molar-refractivity contribution >= 4 is 16.9 Å². The summed E-state index contributed by atoms with van der Waals surface area (Å²) in [6.45, 7) is -0.589. The molecule has 5 aromatic rings. The molecule has 6 rings (SSSR count). The van der Waals surface area contributed by atoms with Gasteiger partial charge in [0.25, 0.3) is 5.56 Å². The first-order valence-electron chi connectivity index (χ1n) is 13.4. The number of halogens is 3. The monoisotopic (exact) mass is 576 g/mol. The standard InChI is InChI=1S/C30H27F3N6O3/c1-41-23-11-9-22(10-12-23)38-17-21-16-34-29(35-18-30(31,32)33)36-27(21)26(28(38)40)20-7-5-19(6-8-20)24-13-14-39(37-24)25-4-2-3-15-42-25/h5-14,16-17,25H,2-4,15,18H2,1H3,(H,35,36). The first kappa shape index (κ1) is 27.5. The Morgan fingerprint density at radius 2 is 1.81 bits per heavy atom. The third kappa shape index (κ3) is 5.70. The Bertz CT molecular complexity index is 1760. The highest BCUT2D eigenvalue weighted by Gasteiger charge is 2.27. The smallest absolute Gasteiger partial charge is 0.405 e. The Labute approximate surface area is 238 Å². The normalized spacial score (nSPS) is 15.6. The van der Waals surface area contributed by atoms with E-state index in [1.807, 2.05) is 29.1 Å². The molecule has 12 heteroatoms. The fourth-order valence-corrected chi connectivity index (χ4v) is 4.96. The molecule has 0 aliphatic carbocycles. The van der Waals surface area contributed by atoms with Crippen LogP contribution in [0.1, 0.15) is 25.5 Å². The van der Waals surface area contributed by atoms with Crippen LogP contribution in [-0.2, 0) is 4.74 Å². The van der Waals surface area contributed by atoms with Gasteiger partial charge >= 0.3 is 6.18 Å². The van der Waals surface area contributed by atoms with Gasteiger partial charge in [0.15, 0.2) is 0 Å². The van der Waals surface area contributed by atoms with Crippen LogP contribution in [0.15, 0.2) is 78.0 Å². The number of fused-ring (bicyclic) bond motifs is 1. The molecule has 9 nitrogen and oxygen atoms in total. The quantitative estimate of drug-likeness (QED) is 0.254. The van der Waals surface area contributed by atoms with Crippen LogP contribution in [0.4, 0.5) is 19.1 Å². The van der Waals surface area contributed by atoms with Crippen LogP contribution in [-0.4, -0.2) is 50.8 Å². The highest BCUT2D eigenvalue weighted by Crippen LogP contribution is 2.29. The van der Waals surface area contributed by atoms with E-state index in [2.05, 4.69) is 20.4 Å². The third-order valence-electron chi connectivity index (χ3n) is 7.08. The number of benzene rings is 2. The van der Waals surface area contributed by atoms with Gasteiger partial charge in [-0.1, -0.05) is 24.3 Å². The van der Waals surface area contributed by atoms with Crippen molar-refractivity contribution < 1.29 is 22.6 Å². The Morgan fingerprint density at radius 3 is 2.50 bits per heavy atom. The lowest BCUT2D eigenvalue weighted by Gasteiger charge is -2.22. The topological polar surface area (TPSA) is 96.1 Å². The predicted molar refractivity (Wildman–Crippen MR) is 152 cm³/mol. The van der Waals surface area contributed by atoms with E-state index in [1.54, 1.807) is 49.7 Å². The summed E-state index contributed by atoms with van der Waals surface area (Å²) in [6.07, 6.45) is 3.37. The second kappa shape index (κ2) is 11.3. The second-order valence-corrected chi connectivity index (χ2v) is 9.92. The zero-order valence-corrected chi connectivity index (χ0v) is 22.6. The Kier molecular flexibility index (Phi) is 7.38. The molecule has 0 spiro atoms. The average Bonchev–Trinajstić information content (AvgIpc) is 3.51. The van der Waals surface area contributed by atoms with Gasteiger partial charge in [0, 0.05) is 41.8 Å². The van der Waals surface area contributed by atoms with Gasteiger partial charge in [0.05, 0.1) is 23.9 Å². The molecule has 0 bridgehead atoms. The lowest BCUT2D eigenvalue weighted by molar-refractivity contribution is -0.115. The molecule has 1 aliphatic heterocycles.